The second-order valence-electron chi connectivity index (χ2n) is 5.09. The van der Waals surface area contributed by atoms with Gasteiger partial charge in [0.25, 0.3) is 0 Å². The zero-order valence-electron chi connectivity index (χ0n) is 11.7. The quantitative estimate of drug-likeness (QED) is 0.740. The van der Waals surface area contributed by atoms with Gasteiger partial charge >= 0.3 is 6.03 Å². The predicted molar refractivity (Wildman–Crippen MR) is 79.6 cm³/mol. The lowest BCUT2D eigenvalue weighted by Crippen LogP contribution is -2.41. The minimum Gasteiger partial charge on any atom is -0.395 e. The number of hydrogen-bond acceptors (Lipinski definition) is 2. The van der Waals surface area contributed by atoms with Crippen LogP contribution in [-0.4, -0.2) is 23.8 Å². The lowest BCUT2D eigenvalue weighted by atomic mass is 9.93. The van der Waals surface area contributed by atoms with E-state index in [4.69, 9.17) is 5.11 Å². The van der Waals surface area contributed by atoms with Crippen LogP contribution in [0, 0.1) is 18.8 Å². The number of aliphatic hydroxyl groups excluding tert-OH is 1. The molecule has 4 heteroatoms. The molecule has 2 rings (SSSR count). The van der Waals surface area contributed by atoms with E-state index in [1.54, 1.807) is 0 Å². The Morgan fingerprint density at radius 2 is 2.20 bits per heavy atom. The van der Waals surface area contributed by atoms with Gasteiger partial charge in [0, 0.05) is 23.7 Å². The lowest BCUT2D eigenvalue weighted by molar-refractivity contribution is 0.240. The summed E-state index contributed by atoms with van der Waals surface area (Å²) < 4.78 is 0. The van der Waals surface area contributed by atoms with Crippen LogP contribution in [0.3, 0.4) is 0 Å². The number of urea groups is 1. The zero-order valence-corrected chi connectivity index (χ0v) is 11.7. The molecule has 1 aliphatic rings. The summed E-state index contributed by atoms with van der Waals surface area (Å²) in [6.45, 7) is 2.03. The highest BCUT2D eigenvalue weighted by atomic mass is 16.2. The molecule has 20 heavy (non-hydrogen) atoms. The Hall–Kier alpha value is -1.99. The standard InChI is InChI=1S/C16H20N2O2/c1-12-9-13(5-2-3-8-19)11-15(10-12)18-16(20)17-14-6-4-7-14/h9-11,14,19H,3-4,6-8H2,1H3,(H2,17,18,20). The van der Waals surface area contributed by atoms with E-state index >= 15 is 0 Å². The van der Waals surface area contributed by atoms with Crippen LogP contribution < -0.4 is 10.6 Å². The first-order valence-electron chi connectivity index (χ1n) is 6.96. The van der Waals surface area contributed by atoms with Crippen LogP contribution >= 0.6 is 0 Å². The fourth-order valence-corrected chi connectivity index (χ4v) is 2.05. The van der Waals surface area contributed by atoms with Gasteiger partial charge in [0.15, 0.2) is 0 Å². The molecule has 106 valence electrons. The molecule has 1 aromatic carbocycles. The molecule has 1 aliphatic carbocycles. The highest BCUT2D eigenvalue weighted by molar-refractivity contribution is 5.89. The molecule has 0 radical (unpaired) electrons. The zero-order chi connectivity index (χ0) is 14.4. The van der Waals surface area contributed by atoms with E-state index in [2.05, 4.69) is 22.5 Å². The Kier molecular flexibility index (Phi) is 5.03. The highest BCUT2D eigenvalue weighted by Crippen LogP contribution is 2.18. The fraction of sp³-hybridized carbons (Fsp3) is 0.438. The summed E-state index contributed by atoms with van der Waals surface area (Å²) >= 11 is 0. The fourth-order valence-electron chi connectivity index (χ4n) is 2.05. The van der Waals surface area contributed by atoms with E-state index in [1.807, 2.05) is 25.1 Å². The van der Waals surface area contributed by atoms with Crippen LogP contribution in [-0.2, 0) is 0 Å². The van der Waals surface area contributed by atoms with Crippen LogP contribution in [0.5, 0.6) is 0 Å². The molecule has 1 fully saturated rings. The number of rotatable bonds is 3. The van der Waals surface area contributed by atoms with E-state index in [0.29, 0.717) is 12.5 Å². The van der Waals surface area contributed by atoms with Crippen LogP contribution in [0.15, 0.2) is 18.2 Å². The van der Waals surface area contributed by atoms with Crippen molar-refractivity contribution in [1.29, 1.82) is 0 Å². The average Bonchev–Trinajstić information content (AvgIpc) is 2.33. The van der Waals surface area contributed by atoms with Crippen LogP contribution in [0.1, 0.15) is 36.8 Å². The van der Waals surface area contributed by atoms with Crippen molar-refractivity contribution < 1.29 is 9.90 Å². The monoisotopic (exact) mass is 272 g/mol. The molecule has 1 saturated carbocycles. The van der Waals surface area contributed by atoms with Gasteiger partial charge in [0.05, 0.1) is 6.61 Å². The number of nitrogens with one attached hydrogen (secondary N) is 2. The summed E-state index contributed by atoms with van der Waals surface area (Å²) in [5.41, 5.74) is 2.63. The minimum absolute atomic E-state index is 0.0632. The number of amides is 2. The Balaban J connectivity index is 1.99. The molecule has 1 aromatic rings. The first-order chi connectivity index (χ1) is 9.67. The van der Waals surface area contributed by atoms with Gasteiger partial charge in [-0.25, -0.2) is 4.79 Å². The molecule has 2 amide bonds. The third kappa shape index (κ3) is 4.29. The third-order valence-electron chi connectivity index (χ3n) is 3.25. The largest absolute Gasteiger partial charge is 0.395 e. The van der Waals surface area contributed by atoms with E-state index < -0.39 is 0 Å². The summed E-state index contributed by atoms with van der Waals surface area (Å²) in [6.07, 6.45) is 3.79. The molecular formula is C16H20N2O2. The molecule has 4 nitrogen and oxygen atoms in total. The number of carbonyl (C=O) groups excluding carboxylic acids is 1. The number of aryl methyl sites for hydroxylation is 1. The van der Waals surface area contributed by atoms with Gasteiger partial charge in [-0.15, -0.1) is 0 Å². The molecule has 0 bridgehead atoms. The number of benzene rings is 1. The van der Waals surface area contributed by atoms with Crippen LogP contribution in [0.25, 0.3) is 0 Å². The second kappa shape index (κ2) is 6.97. The highest BCUT2D eigenvalue weighted by Gasteiger charge is 2.19. The maximum atomic E-state index is 11.8. The van der Waals surface area contributed by atoms with Crippen molar-refractivity contribution in [1.82, 2.24) is 5.32 Å². The topological polar surface area (TPSA) is 61.4 Å². The normalized spacial score (nSPS) is 13.9. The molecule has 0 atom stereocenters. The Bertz CT molecular complexity index is 539. The number of anilines is 1. The first kappa shape index (κ1) is 14.4. The lowest BCUT2D eigenvalue weighted by Gasteiger charge is -2.26. The van der Waals surface area contributed by atoms with Gasteiger partial charge in [0.1, 0.15) is 0 Å². The molecule has 3 N–H and O–H groups in total. The van der Waals surface area contributed by atoms with Crippen molar-refractivity contribution in [2.24, 2.45) is 0 Å². The van der Waals surface area contributed by atoms with Gasteiger partial charge < -0.3 is 15.7 Å². The summed E-state index contributed by atoms with van der Waals surface area (Å²) in [7, 11) is 0. The van der Waals surface area contributed by atoms with Gasteiger partial charge in [-0.2, -0.15) is 0 Å². The first-order valence-corrected chi connectivity index (χ1v) is 6.96. The molecule has 0 spiro atoms. The van der Waals surface area contributed by atoms with Crippen molar-refractivity contribution in [3.63, 3.8) is 0 Å². The summed E-state index contributed by atoms with van der Waals surface area (Å²) in [4.78, 5) is 11.8. The van der Waals surface area contributed by atoms with E-state index in [-0.39, 0.29) is 12.6 Å². The molecule has 0 aliphatic heterocycles. The van der Waals surface area contributed by atoms with E-state index in [1.165, 1.54) is 6.42 Å². The van der Waals surface area contributed by atoms with Crippen molar-refractivity contribution in [3.05, 3.63) is 29.3 Å². The van der Waals surface area contributed by atoms with Gasteiger partial charge in [0.2, 0.25) is 0 Å². The molecule has 0 aromatic heterocycles. The van der Waals surface area contributed by atoms with Crippen molar-refractivity contribution in [2.45, 2.75) is 38.6 Å². The van der Waals surface area contributed by atoms with E-state index in [0.717, 1.165) is 29.7 Å². The van der Waals surface area contributed by atoms with Crippen LogP contribution in [0.2, 0.25) is 0 Å². The van der Waals surface area contributed by atoms with Crippen LogP contribution in [0.4, 0.5) is 10.5 Å². The maximum absolute atomic E-state index is 11.8. The number of aliphatic hydroxyl groups is 1. The predicted octanol–water partition coefficient (Wildman–Crippen LogP) is 2.40. The average molecular weight is 272 g/mol. The van der Waals surface area contributed by atoms with Crippen molar-refractivity contribution in [3.8, 4) is 11.8 Å². The van der Waals surface area contributed by atoms with Gasteiger partial charge in [-0.3, -0.25) is 0 Å². The molecule has 0 saturated heterocycles. The Morgan fingerprint density at radius 3 is 2.85 bits per heavy atom. The van der Waals surface area contributed by atoms with Gasteiger partial charge in [-0.05, 0) is 49.9 Å². The third-order valence-corrected chi connectivity index (χ3v) is 3.25. The summed E-state index contributed by atoms with van der Waals surface area (Å²) in [5.74, 6) is 5.86. The molecule has 0 heterocycles. The maximum Gasteiger partial charge on any atom is 0.319 e. The molecular weight excluding hydrogens is 252 g/mol. The Labute approximate surface area is 119 Å². The minimum atomic E-state index is -0.158. The smallest absolute Gasteiger partial charge is 0.319 e. The van der Waals surface area contributed by atoms with E-state index in [9.17, 15) is 4.79 Å². The number of carbonyl (C=O) groups is 1. The number of hydrogen-bond donors (Lipinski definition) is 3. The summed E-state index contributed by atoms with van der Waals surface area (Å²) in [5, 5.41) is 14.5. The summed E-state index contributed by atoms with van der Waals surface area (Å²) in [6, 6.07) is 5.88. The SMILES string of the molecule is Cc1cc(C#CCCO)cc(NC(=O)NC2CCC2)c1. The van der Waals surface area contributed by atoms with Crippen molar-refractivity contribution in [2.75, 3.05) is 11.9 Å². The van der Waals surface area contributed by atoms with Crippen molar-refractivity contribution >= 4 is 11.7 Å². The van der Waals surface area contributed by atoms with Gasteiger partial charge in [-0.1, -0.05) is 11.8 Å². The Morgan fingerprint density at radius 1 is 1.40 bits per heavy atom. The second-order valence-corrected chi connectivity index (χ2v) is 5.09. The molecule has 0 unspecified atom stereocenters.